The van der Waals surface area contributed by atoms with Gasteiger partial charge in [-0.2, -0.15) is 0 Å². The molecule has 0 amide bonds. The lowest BCUT2D eigenvalue weighted by Crippen LogP contribution is -2.28. The highest BCUT2D eigenvalue weighted by Crippen LogP contribution is 2.60. The SMILES string of the molecule is c1ccc(C2(c3ccccc3)c3ccccc3-c3c(N(c4ccc(-c5ccc6ccccc6c5)cc4)c4ccccc4-c4ccc5sc6ccccc6c5c4)cccc32)cc1. The molecule has 0 radical (unpaired) electrons. The van der Waals surface area contributed by atoms with Gasteiger partial charge in [-0.15, -0.1) is 11.3 Å². The topological polar surface area (TPSA) is 3.24 Å². The highest BCUT2D eigenvalue weighted by atomic mass is 32.1. The molecule has 0 saturated heterocycles. The van der Waals surface area contributed by atoms with Crippen molar-refractivity contribution in [2.45, 2.75) is 5.41 Å². The number of nitrogens with zero attached hydrogens (tertiary/aromatic N) is 1. The second-order valence-corrected chi connectivity index (χ2v) is 17.1. The Morgan fingerprint density at radius 3 is 1.74 bits per heavy atom. The van der Waals surface area contributed by atoms with Crippen molar-refractivity contribution in [2.75, 3.05) is 4.90 Å². The molecule has 1 heterocycles. The minimum atomic E-state index is -0.513. The Kier molecular flexibility index (Phi) is 8.33. The predicted molar refractivity (Wildman–Crippen MR) is 260 cm³/mol. The van der Waals surface area contributed by atoms with Gasteiger partial charge in [0.2, 0.25) is 0 Å². The number of thiophene rings is 1. The maximum atomic E-state index is 2.51. The fourth-order valence-corrected chi connectivity index (χ4v) is 11.1. The van der Waals surface area contributed by atoms with Crippen LogP contribution in [-0.2, 0) is 5.41 Å². The largest absolute Gasteiger partial charge is 0.309 e. The molecule has 0 bridgehead atoms. The zero-order valence-electron chi connectivity index (χ0n) is 33.4. The molecular weight excluding hydrogens is 755 g/mol. The average Bonchev–Trinajstić information content (AvgIpc) is 3.86. The lowest BCUT2D eigenvalue weighted by Gasteiger charge is -2.34. The van der Waals surface area contributed by atoms with Crippen LogP contribution in [0.5, 0.6) is 0 Å². The summed E-state index contributed by atoms with van der Waals surface area (Å²) in [7, 11) is 0. The molecule has 61 heavy (non-hydrogen) atoms. The number of benzene rings is 10. The van der Waals surface area contributed by atoms with Crippen LogP contribution in [0.1, 0.15) is 22.3 Å². The van der Waals surface area contributed by atoms with Crippen LogP contribution in [0.3, 0.4) is 0 Å². The number of para-hydroxylation sites is 1. The smallest absolute Gasteiger partial charge is 0.0714 e. The predicted octanol–water partition coefficient (Wildman–Crippen LogP) is 16.4. The molecule has 1 aliphatic carbocycles. The average molecular weight is 794 g/mol. The molecule has 0 fully saturated rings. The summed E-state index contributed by atoms with van der Waals surface area (Å²) in [4.78, 5) is 2.51. The number of fused-ring (bicyclic) bond motifs is 7. The maximum absolute atomic E-state index is 2.51. The molecule has 1 aliphatic rings. The van der Waals surface area contributed by atoms with Gasteiger partial charge in [0.15, 0.2) is 0 Å². The van der Waals surface area contributed by atoms with Crippen LogP contribution in [0.4, 0.5) is 17.1 Å². The van der Waals surface area contributed by atoms with E-state index in [9.17, 15) is 0 Å². The maximum Gasteiger partial charge on any atom is 0.0714 e. The Labute approximate surface area is 360 Å². The lowest BCUT2D eigenvalue weighted by molar-refractivity contribution is 0.768. The molecule has 0 atom stereocenters. The first-order chi connectivity index (χ1) is 30.3. The van der Waals surface area contributed by atoms with E-state index >= 15 is 0 Å². The number of hydrogen-bond acceptors (Lipinski definition) is 2. The monoisotopic (exact) mass is 793 g/mol. The Bertz CT molecular complexity index is 3380. The number of hydrogen-bond donors (Lipinski definition) is 0. The molecule has 0 unspecified atom stereocenters. The van der Waals surface area contributed by atoms with Gasteiger partial charge in [-0.25, -0.2) is 0 Å². The van der Waals surface area contributed by atoms with Gasteiger partial charge in [-0.05, 0) is 104 Å². The molecule has 12 rings (SSSR count). The van der Waals surface area contributed by atoms with Gasteiger partial charge in [0.1, 0.15) is 0 Å². The van der Waals surface area contributed by atoms with Crippen molar-refractivity contribution in [1.29, 1.82) is 0 Å². The van der Waals surface area contributed by atoms with Gasteiger partial charge in [-0.1, -0.05) is 188 Å². The third-order valence-corrected chi connectivity index (χ3v) is 13.9. The second-order valence-electron chi connectivity index (χ2n) is 16.0. The molecule has 0 saturated carbocycles. The molecular formula is C59H39NS. The lowest BCUT2D eigenvalue weighted by atomic mass is 9.68. The van der Waals surface area contributed by atoms with Gasteiger partial charge in [-0.3, -0.25) is 0 Å². The Morgan fingerprint density at radius 1 is 0.344 bits per heavy atom. The van der Waals surface area contributed by atoms with Crippen LogP contribution in [-0.4, -0.2) is 0 Å². The van der Waals surface area contributed by atoms with Gasteiger partial charge >= 0.3 is 0 Å². The first-order valence-electron chi connectivity index (χ1n) is 21.0. The van der Waals surface area contributed by atoms with Crippen LogP contribution >= 0.6 is 11.3 Å². The summed E-state index contributed by atoms with van der Waals surface area (Å²) in [5, 5.41) is 5.09. The Hall–Kier alpha value is -7.52. The third-order valence-electron chi connectivity index (χ3n) is 12.7. The molecule has 0 N–H and O–H groups in total. The first kappa shape index (κ1) is 35.4. The summed E-state index contributed by atoms with van der Waals surface area (Å²) in [6, 6.07) is 87.4. The van der Waals surface area contributed by atoms with Crippen molar-refractivity contribution in [2.24, 2.45) is 0 Å². The van der Waals surface area contributed by atoms with Crippen molar-refractivity contribution in [3.63, 3.8) is 0 Å². The summed E-state index contributed by atoms with van der Waals surface area (Å²) in [6.07, 6.45) is 0. The molecule has 2 heteroatoms. The van der Waals surface area contributed by atoms with Crippen molar-refractivity contribution in [3.05, 3.63) is 259 Å². The summed E-state index contributed by atoms with van der Waals surface area (Å²) in [5.41, 5.74) is 15.2. The van der Waals surface area contributed by atoms with E-state index in [2.05, 4.69) is 241 Å². The van der Waals surface area contributed by atoms with Crippen LogP contribution in [0.2, 0.25) is 0 Å². The van der Waals surface area contributed by atoms with E-state index < -0.39 is 5.41 Å². The zero-order chi connectivity index (χ0) is 40.3. The summed E-state index contributed by atoms with van der Waals surface area (Å²) in [5.74, 6) is 0. The molecule has 286 valence electrons. The zero-order valence-corrected chi connectivity index (χ0v) is 34.2. The molecule has 10 aromatic carbocycles. The second kappa shape index (κ2) is 14.3. The van der Waals surface area contributed by atoms with Crippen LogP contribution in [0, 0.1) is 0 Å². The van der Waals surface area contributed by atoms with Crippen molar-refractivity contribution < 1.29 is 0 Å². The quantitative estimate of drug-likeness (QED) is 0.155. The van der Waals surface area contributed by atoms with Gasteiger partial charge in [0.05, 0.1) is 16.8 Å². The number of rotatable bonds is 7. The van der Waals surface area contributed by atoms with E-state index in [1.165, 1.54) is 86.6 Å². The van der Waals surface area contributed by atoms with Crippen molar-refractivity contribution >= 4 is 59.3 Å². The van der Waals surface area contributed by atoms with E-state index in [0.29, 0.717) is 0 Å². The third kappa shape index (κ3) is 5.60. The van der Waals surface area contributed by atoms with Gasteiger partial charge in [0, 0.05) is 37.0 Å². The molecule has 0 spiro atoms. The number of anilines is 3. The highest BCUT2D eigenvalue weighted by molar-refractivity contribution is 7.25. The normalized spacial score (nSPS) is 12.7. The minimum Gasteiger partial charge on any atom is -0.309 e. The summed E-state index contributed by atoms with van der Waals surface area (Å²) >= 11 is 1.86. The summed E-state index contributed by atoms with van der Waals surface area (Å²) in [6.45, 7) is 0. The van der Waals surface area contributed by atoms with E-state index in [1.54, 1.807) is 0 Å². The van der Waals surface area contributed by atoms with E-state index in [-0.39, 0.29) is 0 Å². The van der Waals surface area contributed by atoms with Crippen LogP contribution < -0.4 is 4.90 Å². The van der Waals surface area contributed by atoms with Crippen LogP contribution in [0.15, 0.2) is 237 Å². The van der Waals surface area contributed by atoms with E-state index in [0.717, 1.165) is 17.1 Å². The fourth-order valence-electron chi connectivity index (χ4n) is 10.0. The van der Waals surface area contributed by atoms with E-state index in [1.807, 2.05) is 11.3 Å². The Balaban J connectivity index is 1.11. The fraction of sp³-hybridized carbons (Fsp3) is 0.0169. The van der Waals surface area contributed by atoms with E-state index in [4.69, 9.17) is 0 Å². The van der Waals surface area contributed by atoms with Crippen LogP contribution in [0.25, 0.3) is 64.3 Å². The van der Waals surface area contributed by atoms with Crippen molar-refractivity contribution in [3.8, 4) is 33.4 Å². The van der Waals surface area contributed by atoms with Gasteiger partial charge in [0.25, 0.3) is 0 Å². The Morgan fingerprint density at radius 2 is 0.934 bits per heavy atom. The molecule has 1 aromatic heterocycles. The van der Waals surface area contributed by atoms with Crippen molar-refractivity contribution in [1.82, 2.24) is 0 Å². The van der Waals surface area contributed by atoms with Gasteiger partial charge < -0.3 is 4.90 Å². The summed E-state index contributed by atoms with van der Waals surface area (Å²) < 4.78 is 2.62. The highest BCUT2D eigenvalue weighted by Gasteiger charge is 2.47. The minimum absolute atomic E-state index is 0.513. The standard InChI is InChI=1S/C59H39NS/c1-3-18-45(19-4-1)59(46-20-5-2-6-21-46)52-25-12-9-24-50(52)58-53(59)26-15-28-55(58)60(47-35-32-41(33-36-47)43-31-30-40-16-7-8-17-42(40)38-43)54-27-13-10-22-48(54)44-34-37-57-51(39-44)49-23-11-14-29-56(49)61-57/h1-39H. The first-order valence-corrected chi connectivity index (χ1v) is 21.8. The molecule has 0 aliphatic heterocycles. The molecule has 1 nitrogen and oxygen atoms in total. The molecule has 11 aromatic rings.